The second-order valence-electron chi connectivity index (χ2n) is 5.60. The summed E-state index contributed by atoms with van der Waals surface area (Å²) >= 11 is 0. The number of benzene rings is 1. The highest BCUT2D eigenvalue weighted by atomic mass is 16.1. The molecule has 0 spiro atoms. The first-order valence-electron chi connectivity index (χ1n) is 6.05. The zero-order valence-electron chi connectivity index (χ0n) is 11.2. The van der Waals surface area contributed by atoms with Crippen molar-refractivity contribution in [3.8, 4) is 11.3 Å². The van der Waals surface area contributed by atoms with E-state index < -0.39 is 0 Å². The Morgan fingerprint density at radius 2 is 1.89 bits per heavy atom. The lowest BCUT2D eigenvalue weighted by molar-refractivity contribution is 0.543. The van der Waals surface area contributed by atoms with E-state index in [0.717, 1.165) is 16.8 Å². The number of nitrogens with one attached hydrogen (secondary N) is 1. The fourth-order valence-corrected chi connectivity index (χ4v) is 1.77. The van der Waals surface area contributed by atoms with Gasteiger partial charge in [-0.25, -0.2) is 4.98 Å². The van der Waals surface area contributed by atoms with Gasteiger partial charge in [-0.15, -0.1) is 0 Å². The smallest absolute Gasteiger partial charge is 0.251 e. The Hall–Kier alpha value is -1.90. The summed E-state index contributed by atoms with van der Waals surface area (Å²) in [6, 6.07) is 9.56. The van der Waals surface area contributed by atoms with Crippen LogP contribution >= 0.6 is 0 Å². The molecule has 1 N–H and O–H groups in total. The van der Waals surface area contributed by atoms with Gasteiger partial charge in [0.15, 0.2) is 0 Å². The van der Waals surface area contributed by atoms with E-state index in [0.29, 0.717) is 5.82 Å². The number of hydrogen-bond acceptors (Lipinski definition) is 2. The van der Waals surface area contributed by atoms with Crippen LogP contribution in [0.5, 0.6) is 0 Å². The van der Waals surface area contributed by atoms with E-state index in [2.05, 4.69) is 9.97 Å². The van der Waals surface area contributed by atoms with Crippen molar-refractivity contribution in [3.05, 3.63) is 52.1 Å². The number of rotatable bonds is 1. The zero-order chi connectivity index (χ0) is 13.3. The first-order valence-corrected chi connectivity index (χ1v) is 6.05. The molecule has 0 bridgehead atoms. The molecule has 0 amide bonds. The number of aryl methyl sites for hydroxylation is 1. The molecular weight excluding hydrogens is 224 g/mol. The Balaban J connectivity index is 2.59. The number of hydrogen-bond donors (Lipinski definition) is 1. The lowest BCUT2D eigenvalue weighted by atomic mass is 9.95. The Morgan fingerprint density at radius 3 is 2.50 bits per heavy atom. The zero-order valence-corrected chi connectivity index (χ0v) is 11.2. The Kier molecular flexibility index (Phi) is 3.07. The van der Waals surface area contributed by atoms with Gasteiger partial charge in [-0.3, -0.25) is 4.79 Å². The van der Waals surface area contributed by atoms with E-state index in [1.165, 1.54) is 0 Å². The molecule has 18 heavy (non-hydrogen) atoms. The van der Waals surface area contributed by atoms with Crippen LogP contribution in [0.15, 0.2) is 35.1 Å². The summed E-state index contributed by atoms with van der Waals surface area (Å²) < 4.78 is 0. The summed E-state index contributed by atoms with van der Waals surface area (Å²) in [6.07, 6.45) is 0. The van der Waals surface area contributed by atoms with Gasteiger partial charge in [-0.2, -0.15) is 0 Å². The molecule has 0 unspecified atom stereocenters. The van der Waals surface area contributed by atoms with Gasteiger partial charge in [-0.1, -0.05) is 44.5 Å². The van der Waals surface area contributed by atoms with E-state index >= 15 is 0 Å². The van der Waals surface area contributed by atoms with Crippen LogP contribution < -0.4 is 5.56 Å². The first-order chi connectivity index (χ1) is 8.36. The maximum Gasteiger partial charge on any atom is 0.251 e. The summed E-state index contributed by atoms with van der Waals surface area (Å²) in [7, 11) is 0. The van der Waals surface area contributed by atoms with Crippen molar-refractivity contribution >= 4 is 0 Å². The maximum atomic E-state index is 11.7. The molecule has 0 radical (unpaired) electrons. The Morgan fingerprint density at radius 1 is 1.17 bits per heavy atom. The predicted octanol–water partition coefficient (Wildman–Crippen LogP) is 3.04. The molecule has 0 aliphatic rings. The fraction of sp³-hybridized carbons (Fsp3) is 0.333. The predicted molar refractivity (Wildman–Crippen MR) is 73.7 cm³/mol. The van der Waals surface area contributed by atoms with Crippen LogP contribution in [0.1, 0.15) is 32.2 Å². The molecule has 0 aliphatic heterocycles. The number of aromatic amines is 1. The van der Waals surface area contributed by atoms with Gasteiger partial charge in [0.2, 0.25) is 0 Å². The summed E-state index contributed by atoms with van der Waals surface area (Å²) in [4.78, 5) is 19.1. The minimum Gasteiger partial charge on any atom is -0.310 e. The molecule has 0 fully saturated rings. The summed E-state index contributed by atoms with van der Waals surface area (Å²) in [6.45, 7) is 8.13. The van der Waals surface area contributed by atoms with Crippen molar-refractivity contribution in [1.29, 1.82) is 0 Å². The SMILES string of the molecule is Cc1cccc(-c2cc(=O)[nH]c(C(C)(C)C)n2)c1. The second-order valence-corrected chi connectivity index (χ2v) is 5.60. The highest BCUT2D eigenvalue weighted by molar-refractivity contribution is 5.59. The largest absolute Gasteiger partial charge is 0.310 e. The molecule has 1 aromatic carbocycles. The highest BCUT2D eigenvalue weighted by Crippen LogP contribution is 2.21. The molecular formula is C15H18N2O. The molecule has 0 saturated heterocycles. The number of H-pyrrole nitrogens is 1. The maximum absolute atomic E-state index is 11.7. The molecule has 2 rings (SSSR count). The van der Waals surface area contributed by atoms with Gasteiger partial charge < -0.3 is 4.98 Å². The van der Waals surface area contributed by atoms with Crippen LogP contribution in [0.3, 0.4) is 0 Å². The third-order valence-electron chi connectivity index (χ3n) is 2.77. The van der Waals surface area contributed by atoms with Gasteiger partial charge in [0, 0.05) is 17.0 Å². The van der Waals surface area contributed by atoms with Crippen molar-refractivity contribution in [2.75, 3.05) is 0 Å². The standard InChI is InChI=1S/C15H18N2O/c1-10-6-5-7-11(8-10)12-9-13(18)17-14(16-12)15(2,3)4/h5-9H,1-4H3,(H,16,17,18). The Bertz CT molecular complexity index is 621. The minimum absolute atomic E-state index is 0.105. The van der Waals surface area contributed by atoms with Gasteiger partial charge >= 0.3 is 0 Å². The number of aromatic nitrogens is 2. The van der Waals surface area contributed by atoms with Crippen LogP contribution in [-0.2, 0) is 5.41 Å². The molecule has 3 heteroatoms. The van der Waals surface area contributed by atoms with Crippen molar-refractivity contribution < 1.29 is 0 Å². The van der Waals surface area contributed by atoms with Gasteiger partial charge in [0.25, 0.3) is 5.56 Å². The average molecular weight is 242 g/mol. The lowest BCUT2D eigenvalue weighted by Crippen LogP contribution is -2.21. The van der Waals surface area contributed by atoms with Crippen LogP contribution in [-0.4, -0.2) is 9.97 Å². The molecule has 0 saturated carbocycles. The molecule has 94 valence electrons. The minimum atomic E-state index is -0.168. The quantitative estimate of drug-likeness (QED) is 0.835. The normalized spacial score (nSPS) is 11.6. The number of nitrogens with zero attached hydrogens (tertiary/aromatic N) is 1. The second kappa shape index (κ2) is 4.41. The van der Waals surface area contributed by atoms with E-state index in [1.54, 1.807) is 6.07 Å². The van der Waals surface area contributed by atoms with Crippen molar-refractivity contribution in [2.45, 2.75) is 33.1 Å². The fourth-order valence-electron chi connectivity index (χ4n) is 1.77. The Labute approximate surface area is 107 Å². The third-order valence-corrected chi connectivity index (χ3v) is 2.77. The van der Waals surface area contributed by atoms with E-state index in [4.69, 9.17) is 0 Å². The molecule has 2 aromatic rings. The first kappa shape index (κ1) is 12.6. The summed E-state index contributed by atoms with van der Waals surface area (Å²) in [5, 5.41) is 0. The third kappa shape index (κ3) is 2.67. The van der Waals surface area contributed by atoms with Crippen LogP contribution in [0.25, 0.3) is 11.3 Å². The van der Waals surface area contributed by atoms with Crippen LogP contribution in [0.2, 0.25) is 0 Å². The van der Waals surface area contributed by atoms with E-state index in [9.17, 15) is 4.79 Å². The van der Waals surface area contributed by atoms with E-state index in [-0.39, 0.29) is 11.0 Å². The van der Waals surface area contributed by atoms with E-state index in [1.807, 2.05) is 52.0 Å². The molecule has 3 nitrogen and oxygen atoms in total. The van der Waals surface area contributed by atoms with Crippen molar-refractivity contribution in [2.24, 2.45) is 0 Å². The summed E-state index contributed by atoms with van der Waals surface area (Å²) in [5.74, 6) is 0.714. The average Bonchev–Trinajstić information content (AvgIpc) is 2.27. The lowest BCUT2D eigenvalue weighted by Gasteiger charge is -2.17. The van der Waals surface area contributed by atoms with Crippen molar-refractivity contribution in [3.63, 3.8) is 0 Å². The van der Waals surface area contributed by atoms with Gasteiger partial charge in [0.05, 0.1) is 5.69 Å². The van der Waals surface area contributed by atoms with Gasteiger partial charge in [-0.05, 0) is 13.0 Å². The molecule has 1 aromatic heterocycles. The van der Waals surface area contributed by atoms with Crippen LogP contribution in [0.4, 0.5) is 0 Å². The topological polar surface area (TPSA) is 45.8 Å². The monoisotopic (exact) mass is 242 g/mol. The highest BCUT2D eigenvalue weighted by Gasteiger charge is 2.17. The molecule has 0 aliphatic carbocycles. The molecule has 1 heterocycles. The molecule has 0 atom stereocenters. The van der Waals surface area contributed by atoms with Crippen molar-refractivity contribution in [1.82, 2.24) is 9.97 Å². The van der Waals surface area contributed by atoms with Gasteiger partial charge in [0.1, 0.15) is 5.82 Å². The van der Waals surface area contributed by atoms with Crippen LogP contribution in [0, 0.1) is 6.92 Å². The summed E-state index contributed by atoms with van der Waals surface area (Å²) in [5.41, 5.74) is 2.59.